The molecule has 88 valence electrons. The van der Waals surface area contributed by atoms with Crippen molar-refractivity contribution in [2.75, 3.05) is 0 Å². The van der Waals surface area contributed by atoms with Crippen LogP contribution in [-0.4, -0.2) is 28.2 Å². The van der Waals surface area contributed by atoms with Crippen molar-refractivity contribution < 1.29 is 14.3 Å². The second kappa shape index (κ2) is 4.25. The quantitative estimate of drug-likeness (QED) is 0.758. The molecule has 3 N–H and O–H groups in total. The van der Waals surface area contributed by atoms with Crippen molar-refractivity contribution in [1.82, 2.24) is 10.2 Å². The Bertz CT molecular complexity index is 576. The molecule has 17 heavy (non-hydrogen) atoms. The molecule has 6 nitrogen and oxygen atoms in total. The van der Waals surface area contributed by atoms with Crippen LogP contribution in [0.4, 0.5) is 0 Å². The molecular weight excluding hydrogens is 222 g/mol. The number of nitrogens with zero attached hydrogens (tertiary/aromatic N) is 1. The van der Waals surface area contributed by atoms with Gasteiger partial charge in [0.15, 0.2) is 6.10 Å². The highest BCUT2D eigenvalue weighted by Crippen LogP contribution is 2.14. The lowest BCUT2D eigenvalue weighted by atomic mass is 10.2. The maximum Gasteiger partial charge on any atom is 0.338 e. The van der Waals surface area contributed by atoms with Crippen molar-refractivity contribution in [3.8, 4) is 0 Å². The molecule has 0 radical (unpaired) electrons. The first-order valence-corrected chi connectivity index (χ1v) is 5.01. The summed E-state index contributed by atoms with van der Waals surface area (Å²) in [5.41, 5.74) is 6.07. The third kappa shape index (κ3) is 2.25. The smallest absolute Gasteiger partial charge is 0.338 e. The van der Waals surface area contributed by atoms with Crippen molar-refractivity contribution in [2.24, 2.45) is 5.73 Å². The minimum absolute atomic E-state index is 0.342. The lowest BCUT2D eigenvalue weighted by Crippen LogP contribution is -2.30. The Morgan fingerprint density at radius 3 is 2.94 bits per heavy atom. The second-order valence-electron chi connectivity index (χ2n) is 3.62. The third-order valence-electron chi connectivity index (χ3n) is 2.36. The number of primary amides is 1. The van der Waals surface area contributed by atoms with Gasteiger partial charge in [-0.1, -0.05) is 6.07 Å². The molecule has 1 heterocycles. The second-order valence-corrected chi connectivity index (χ2v) is 3.62. The zero-order valence-electron chi connectivity index (χ0n) is 9.14. The zero-order chi connectivity index (χ0) is 12.4. The van der Waals surface area contributed by atoms with Gasteiger partial charge in [-0.3, -0.25) is 9.89 Å². The van der Waals surface area contributed by atoms with Crippen LogP contribution in [0.15, 0.2) is 24.4 Å². The van der Waals surface area contributed by atoms with E-state index in [4.69, 9.17) is 10.5 Å². The molecule has 2 rings (SSSR count). The normalized spacial score (nSPS) is 12.3. The first-order valence-electron chi connectivity index (χ1n) is 5.01. The SMILES string of the molecule is CC(OC(=O)c1ccc2cn[nH]c2c1)C(N)=O. The average Bonchev–Trinajstić information content (AvgIpc) is 2.75. The number of benzene rings is 1. The van der Waals surface area contributed by atoms with E-state index in [0.29, 0.717) is 5.56 Å². The summed E-state index contributed by atoms with van der Waals surface area (Å²) < 4.78 is 4.88. The molecule has 0 saturated heterocycles. The van der Waals surface area contributed by atoms with E-state index in [9.17, 15) is 9.59 Å². The Morgan fingerprint density at radius 2 is 2.24 bits per heavy atom. The molecule has 0 aliphatic carbocycles. The minimum atomic E-state index is -0.944. The number of fused-ring (bicyclic) bond motifs is 1. The Kier molecular flexibility index (Phi) is 2.78. The fraction of sp³-hybridized carbons (Fsp3) is 0.182. The van der Waals surface area contributed by atoms with Crippen LogP contribution in [0.3, 0.4) is 0 Å². The van der Waals surface area contributed by atoms with Gasteiger partial charge in [0, 0.05) is 5.39 Å². The zero-order valence-corrected chi connectivity index (χ0v) is 9.14. The van der Waals surface area contributed by atoms with Crippen LogP contribution in [0.1, 0.15) is 17.3 Å². The van der Waals surface area contributed by atoms with E-state index in [1.165, 1.54) is 6.92 Å². The topological polar surface area (TPSA) is 98.1 Å². The van der Waals surface area contributed by atoms with Gasteiger partial charge in [0.05, 0.1) is 17.3 Å². The predicted octanol–water partition coefficient (Wildman–Crippen LogP) is 0.594. The fourth-order valence-electron chi connectivity index (χ4n) is 1.35. The molecule has 0 bridgehead atoms. The van der Waals surface area contributed by atoms with Crippen LogP contribution < -0.4 is 5.73 Å². The maximum atomic E-state index is 11.7. The van der Waals surface area contributed by atoms with Crippen molar-refractivity contribution in [3.63, 3.8) is 0 Å². The minimum Gasteiger partial charge on any atom is -0.449 e. The molecule has 0 fully saturated rings. The molecule has 0 aliphatic rings. The van der Waals surface area contributed by atoms with Crippen LogP contribution >= 0.6 is 0 Å². The summed E-state index contributed by atoms with van der Waals surface area (Å²) in [6.07, 6.45) is 0.705. The van der Waals surface area contributed by atoms with Crippen LogP contribution in [0.5, 0.6) is 0 Å². The lowest BCUT2D eigenvalue weighted by Gasteiger charge is -2.09. The van der Waals surface area contributed by atoms with Gasteiger partial charge in [-0.2, -0.15) is 5.10 Å². The number of rotatable bonds is 3. The van der Waals surface area contributed by atoms with Gasteiger partial charge in [-0.05, 0) is 19.1 Å². The van der Waals surface area contributed by atoms with E-state index in [-0.39, 0.29) is 0 Å². The van der Waals surface area contributed by atoms with E-state index in [0.717, 1.165) is 10.9 Å². The number of aromatic amines is 1. The van der Waals surface area contributed by atoms with Crippen molar-refractivity contribution in [3.05, 3.63) is 30.0 Å². The van der Waals surface area contributed by atoms with E-state index >= 15 is 0 Å². The first kappa shape index (κ1) is 11.1. The van der Waals surface area contributed by atoms with Crippen molar-refractivity contribution in [2.45, 2.75) is 13.0 Å². The number of amides is 1. The summed E-state index contributed by atoms with van der Waals surface area (Å²) in [5, 5.41) is 7.47. The molecular formula is C11H11N3O3. The van der Waals surface area contributed by atoms with Gasteiger partial charge in [0.2, 0.25) is 0 Å². The van der Waals surface area contributed by atoms with Crippen molar-refractivity contribution in [1.29, 1.82) is 0 Å². The van der Waals surface area contributed by atoms with Crippen LogP contribution in [0, 0.1) is 0 Å². The van der Waals surface area contributed by atoms with Gasteiger partial charge in [0.25, 0.3) is 5.91 Å². The molecule has 1 atom stereocenters. The molecule has 2 aromatic rings. The van der Waals surface area contributed by atoms with E-state index < -0.39 is 18.0 Å². The summed E-state index contributed by atoms with van der Waals surface area (Å²) in [6, 6.07) is 4.96. The van der Waals surface area contributed by atoms with Crippen molar-refractivity contribution >= 4 is 22.8 Å². The molecule has 1 aromatic heterocycles. The number of H-pyrrole nitrogens is 1. The lowest BCUT2D eigenvalue weighted by molar-refractivity contribution is -0.125. The number of ether oxygens (including phenoxy) is 1. The number of nitrogens with one attached hydrogen (secondary N) is 1. The predicted molar refractivity (Wildman–Crippen MR) is 60.2 cm³/mol. The van der Waals surface area contributed by atoms with Crippen LogP contribution in [-0.2, 0) is 9.53 Å². The summed E-state index contributed by atoms with van der Waals surface area (Å²) in [7, 11) is 0. The van der Waals surface area contributed by atoms with Crippen LogP contribution in [0.2, 0.25) is 0 Å². The highest BCUT2D eigenvalue weighted by Gasteiger charge is 2.16. The molecule has 0 saturated carbocycles. The standard InChI is InChI=1S/C11H11N3O3/c1-6(10(12)15)17-11(16)7-2-3-8-5-13-14-9(8)4-7/h2-6H,1H3,(H2,12,15)(H,13,14). The summed E-state index contributed by atoms with van der Waals surface area (Å²) in [6.45, 7) is 1.43. The maximum absolute atomic E-state index is 11.7. The van der Waals surface area contributed by atoms with Gasteiger partial charge in [0.1, 0.15) is 0 Å². The summed E-state index contributed by atoms with van der Waals surface area (Å²) in [4.78, 5) is 22.4. The molecule has 1 amide bonds. The molecule has 1 aromatic carbocycles. The number of carbonyl (C=O) groups excluding carboxylic acids is 2. The fourth-order valence-corrected chi connectivity index (χ4v) is 1.35. The molecule has 6 heteroatoms. The van der Waals surface area contributed by atoms with Gasteiger partial charge in [-0.15, -0.1) is 0 Å². The number of nitrogens with two attached hydrogens (primary N) is 1. The monoisotopic (exact) mass is 233 g/mol. The number of esters is 1. The van der Waals surface area contributed by atoms with E-state index in [2.05, 4.69) is 10.2 Å². The Labute approximate surface area is 96.7 Å². The molecule has 1 unspecified atom stereocenters. The Balaban J connectivity index is 2.21. The number of hydrogen-bond donors (Lipinski definition) is 2. The largest absolute Gasteiger partial charge is 0.449 e. The van der Waals surface area contributed by atoms with Gasteiger partial charge >= 0.3 is 5.97 Å². The highest BCUT2D eigenvalue weighted by atomic mass is 16.5. The van der Waals surface area contributed by atoms with Crippen LogP contribution in [0.25, 0.3) is 10.9 Å². The molecule has 0 spiro atoms. The Morgan fingerprint density at radius 1 is 1.47 bits per heavy atom. The van der Waals surface area contributed by atoms with Gasteiger partial charge in [-0.25, -0.2) is 4.79 Å². The number of aromatic nitrogens is 2. The summed E-state index contributed by atoms with van der Waals surface area (Å²) >= 11 is 0. The van der Waals surface area contributed by atoms with E-state index in [1.54, 1.807) is 24.4 Å². The Hall–Kier alpha value is -2.37. The number of hydrogen-bond acceptors (Lipinski definition) is 4. The number of carbonyl (C=O) groups is 2. The van der Waals surface area contributed by atoms with E-state index in [1.807, 2.05) is 0 Å². The average molecular weight is 233 g/mol. The van der Waals surface area contributed by atoms with Gasteiger partial charge < -0.3 is 10.5 Å². The highest BCUT2D eigenvalue weighted by molar-refractivity contribution is 5.95. The summed E-state index contributed by atoms with van der Waals surface area (Å²) in [5.74, 6) is -1.27. The first-order chi connectivity index (χ1) is 8.08. The molecule has 0 aliphatic heterocycles. The third-order valence-corrected chi connectivity index (χ3v) is 2.36.